The average Bonchev–Trinajstić information content (AvgIpc) is 2.92. The monoisotopic (exact) mass is 282 g/mol. The first kappa shape index (κ1) is 14.0. The second-order valence-electron chi connectivity index (χ2n) is 5.58. The van der Waals surface area contributed by atoms with Crippen molar-refractivity contribution in [1.82, 2.24) is 9.88 Å². The van der Waals surface area contributed by atoms with Crippen molar-refractivity contribution in [2.45, 2.75) is 18.9 Å². The van der Waals surface area contributed by atoms with Gasteiger partial charge in [-0.25, -0.2) is 0 Å². The number of aromatic nitrogens is 1. The van der Waals surface area contributed by atoms with Crippen LogP contribution in [0.5, 0.6) is 5.75 Å². The van der Waals surface area contributed by atoms with Gasteiger partial charge in [-0.1, -0.05) is 12.2 Å². The van der Waals surface area contributed by atoms with Gasteiger partial charge in [0.25, 0.3) is 0 Å². The van der Waals surface area contributed by atoms with Gasteiger partial charge in [-0.2, -0.15) is 0 Å². The zero-order chi connectivity index (χ0) is 14.8. The Morgan fingerprint density at radius 2 is 2.05 bits per heavy atom. The van der Waals surface area contributed by atoms with Gasteiger partial charge in [0.1, 0.15) is 5.75 Å². The molecule has 3 nitrogen and oxygen atoms in total. The number of hydrogen-bond donors (Lipinski definition) is 1. The molecule has 1 atom stereocenters. The molecule has 1 aromatic heterocycles. The predicted octanol–water partition coefficient (Wildman–Crippen LogP) is 3.32. The summed E-state index contributed by atoms with van der Waals surface area (Å²) >= 11 is 0. The molecule has 1 aromatic carbocycles. The number of rotatable bonds is 6. The molecule has 21 heavy (non-hydrogen) atoms. The van der Waals surface area contributed by atoms with Crippen LogP contribution in [0.4, 0.5) is 0 Å². The highest BCUT2D eigenvalue weighted by Crippen LogP contribution is 2.36. The lowest BCUT2D eigenvalue weighted by Crippen LogP contribution is -2.40. The lowest BCUT2D eigenvalue weighted by atomic mass is 9.87. The summed E-state index contributed by atoms with van der Waals surface area (Å²) in [5.41, 5.74) is 3.91. The predicted molar refractivity (Wildman–Crippen MR) is 88.0 cm³/mol. The van der Waals surface area contributed by atoms with Crippen molar-refractivity contribution in [3.63, 3.8) is 0 Å². The topological polar surface area (TPSA) is 28.3 Å². The highest BCUT2D eigenvalue weighted by molar-refractivity contribution is 5.89. The van der Waals surface area contributed by atoms with Gasteiger partial charge in [-0.3, -0.25) is 4.90 Å². The van der Waals surface area contributed by atoms with E-state index in [0.29, 0.717) is 6.04 Å². The third kappa shape index (κ3) is 2.38. The Hall–Kier alpha value is -2.00. The normalized spacial score (nSPS) is 17.1. The van der Waals surface area contributed by atoms with E-state index in [1.165, 1.54) is 22.0 Å². The van der Waals surface area contributed by atoms with Gasteiger partial charge in [0.2, 0.25) is 0 Å². The van der Waals surface area contributed by atoms with Crippen molar-refractivity contribution < 1.29 is 4.74 Å². The maximum absolute atomic E-state index is 5.58. The molecule has 2 aromatic rings. The number of aromatic amines is 1. The Morgan fingerprint density at radius 3 is 2.71 bits per heavy atom. The van der Waals surface area contributed by atoms with Crippen molar-refractivity contribution in [3.05, 3.63) is 54.8 Å². The SMILES string of the molecule is C=CCN(CC=C)C1Cc2c[nH]c3ccc(OC)c(c23)C1. The molecule has 1 unspecified atom stereocenters. The Bertz CT molecular complexity index is 661. The number of H-pyrrole nitrogens is 1. The fourth-order valence-electron chi connectivity index (χ4n) is 3.43. The van der Waals surface area contributed by atoms with Crippen molar-refractivity contribution in [2.24, 2.45) is 0 Å². The van der Waals surface area contributed by atoms with Gasteiger partial charge in [-0.15, -0.1) is 13.2 Å². The maximum atomic E-state index is 5.58. The van der Waals surface area contributed by atoms with Crippen molar-refractivity contribution in [2.75, 3.05) is 20.2 Å². The van der Waals surface area contributed by atoms with Crippen LogP contribution in [-0.2, 0) is 12.8 Å². The van der Waals surface area contributed by atoms with Crippen LogP contribution in [0, 0.1) is 0 Å². The first-order valence-electron chi connectivity index (χ1n) is 7.40. The van der Waals surface area contributed by atoms with E-state index >= 15 is 0 Å². The molecular weight excluding hydrogens is 260 g/mol. The molecule has 1 aliphatic carbocycles. The standard InChI is InChI=1S/C18H22N2O/c1-4-8-20(9-5-2)14-10-13-12-19-16-6-7-17(21-3)15(11-14)18(13)16/h4-7,12,14,19H,1-2,8-11H2,3H3. The van der Waals surface area contributed by atoms with Crippen LogP contribution in [0.15, 0.2) is 43.6 Å². The van der Waals surface area contributed by atoms with Crippen LogP contribution in [0.3, 0.4) is 0 Å². The Labute approximate surface area is 125 Å². The molecule has 0 radical (unpaired) electrons. The molecule has 0 saturated heterocycles. The van der Waals surface area contributed by atoms with Crippen molar-refractivity contribution in [3.8, 4) is 5.75 Å². The summed E-state index contributed by atoms with van der Waals surface area (Å²) in [7, 11) is 1.75. The van der Waals surface area contributed by atoms with E-state index in [2.05, 4.69) is 41.4 Å². The Morgan fingerprint density at radius 1 is 1.29 bits per heavy atom. The van der Waals surface area contributed by atoms with Gasteiger partial charge in [0.05, 0.1) is 7.11 Å². The molecule has 0 aliphatic heterocycles. The maximum Gasteiger partial charge on any atom is 0.122 e. The first-order chi connectivity index (χ1) is 10.3. The lowest BCUT2D eigenvalue weighted by molar-refractivity contribution is 0.233. The van der Waals surface area contributed by atoms with Crippen LogP contribution < -0.4 is 4.74 Å². The fourth-order valence-corrected chi connectivity index (χ4v) is 3.43. The number of hydrogen-bond acceptors (Lipinski definition) is 2. The lowest BCUT2D eigenvalue weighted by Gasteiger charge is -2.33. The van der Waals surface area contributed by atoms with Crippen LogP contribution >= 0.6 is 0 Å². The average molecular weight is 282 g/mol. The van der Waals surface area contributed by atoms with E-state index in [-0.39, 0.29) is 0 Å². The second-order valence-corrected chi connectivity index (χ2v) is 5.58. The quantitative estimate of drug-likeness (QED) is 0.823. The number of nitrogens with one attached hydrogen (secondary N) is 1. The number of ether oxygens (including phenoxy) is 1. The molecular formula is C18H22N2O. The highest BCUT2D eigenvalue weighted by atomic mass is 16.5. The van der Waals surface area contributed by atoms with Crippen LogP contribution in [-0.4, -0.2) is 36.1 Å². The first-order valence-corrected chi connectivity index (χ1v) is 7.40. The zero-order valence-electron chi connectivity index (χ0n) is 12.6. The Kier molecular flexibility index (Phi) is 3.84. The largest absolute Gasteiger partial charge is 0.496 e. The van der Waals surface area contributed by atoms with Crippen molar-refractivity contribution in [1.29, 1.82) is 0 Å². The molecule has 110 valence electrons. The van der Waals surface area contributed by atoms with E-state index in [9.17, 15) is 0 Å². The van der Waals surface area contributed by atoms with Gasteiger partial charge < -0.3 is 9.72 Å². The molecule has 1 N–H and O–H groups in total. The summed E-state index contributed by atoms with van der Waals surface area (Å²) in [4.78, 5) is 5.81. The molecule has 0 fully saturated rings. The van der Waals surface area contributed by atoms with E-state index < -0.39 is 0 Å². The van der Waals surface area contributed by atoms with E-state index in [1.54, 1.807) is 7.11 Å². The summed E-state index contributed by atoms with van der Waals surface area (Å²) in [5.74, 6) is 0.991. The molecule has 3 heteroatoms. The van der Waals surface area contributed by atoms with Gasteiger partial charge >= 0.3 is 0 Å². The van der Waals surface area contributed by atoms with Gasteiger partial charge in [0, 0.05) is 41.8 Å². The number of benzene rings is 1. The Balaban J connectivity index is 2.01. The molecule has 0 spiro atoms. The molecule has 0 amide bonds. The zero-order valence-corrected chi connectivity index (χ0v) is 12.6. The molecule has 0 bridgehead atoms. The third-order valence-corrected chi connectivity index (χ3v) is 4.35. The number of nitrogens with zero attached hydrogens (tertiary/aromatic N) is 1. The highest BCUT2D eigenvalue weighted by Gasteiger charge is 2.27. The van der Waals surface area contributed by atoms with E-state index in [4.69, 9.17) is 4.74 Å². The summed E-state index contributed by atoms with van der Waals surface area (Å²) in [6.45, 7) is 9.52. The smallest absolute Gasteiger partial charge is 0.122 e. The molecule has 3 rings (SSSR count). The minimum absolute atomic E-state index is 0.462. The van der Waals surface area contributed by atoms with E-state index in [0.717, 1.165) is 31.7 Å². The molecule has 0 saturated carbocycles. The summed E-state index contributed by atoms with van der Waals surface area (Å²) < 4.78 is 5.58. The van der Waals surface area contributed by atoms with Gasteiger partial charge in [0.15, 0.2) is 0 Å². The van der Waals surface area contributed by atoms with Gasteiger partial charge in [-0.05, 0) is 30.5 Å². The second kappa shape index (κ2) is 5.78. The summed E-state index contributed by atoms with van der Waals surface area (Å²) in [5, 5.41) is 1.35. The fraction of sp³-hybridized carbons (Fsp3) is 0.333. The van der Waals surface area contributed by atoms with Crippen molar-refractivity contribution >= 4 is 10.9 Å². The molecule has 1 aliphatic rings. The minimum Gasteiger partial charge on any atom is -0.496 e. The minimum atomic E-state index is 0.462. The number of methoxy groups -OCH3 is 1. The molecule has 1 heterocycles. The van der Waals surface area contributed by atoms with Crippen LogP contribution in [0.25, 0.3) is 10.9 Å². The van der Waals surface area contributed by atoms with E-state index in [1.807, 2.05) is 12.2 Å². The van der Waals surface area contributed by atoms with Crippen LogP contribution in [0.1, 0.15) is 11.1 Å². The third-order valence-electron chi connectivity index (χ3n) is 4.35. The summed E-state index contributed by atoms with van der Waals surface area (Å²) in [6, 6.07) is 4.63. The summed E-state index contributed by atoms with van der Waals surface area (Å²) in [6.07, 6.45) is 8.14. The van der Waals surface area contributed by atoms with Crippen LogP contribution in [0.2, 0.25) is 0 Å².